The predicted octanol–water partition coefficient (Wildman–Crippen LogP) is 2.32. The zero-order valence-electron chi connectivity index (χ0n) is 12.5. The highest BCUT2D eigenvalue weighted by molar-refractivity contribution is 5.84. The Hall–Kier alpha value is -1.91. The number of carboxylic acids is 1. The highest BCUT2D eigenvalue weighted by Gasteiger charge is 2.32. The first-order valence-electron chi connectivity index (χ1n) is 6.66. The summed E-state index contributed by atoms with van der Waals surface area (Å²) in [6.45, 7) is 7.41. The molecule has 1 rings (SSSR count). The van der Waals surface area contributed by atoms with Gasteiger partial charge in [-0.2, -0.15) is 0 Å². The fourth-order valence-corrected chi connectivity index (χ4v) is 1.80. The second-order valence-electron chi connectivity index (χ2n) is 5.84. The SMILES string of the molecule is CC(C)N(Cc1cccnc1)C(=O)CC(C)(C)C(=O)O. The van der Waals surface area contributed by atoms with Crippen LogP contribution < -0.4 is 0 Å². The van der Waals surface area contributed by atoms with Crippen molar-refractivity contribution in [3.05, 3.63) is 30.1 Å². The molecule has 0 bridgehead atoms. The summed E-state index contributed by atoms with van der Waals surface area (Å²) < 4.78 is 0. The first-order chi connectivity index (χ1) is 9.24. The van der Waals surface area contributed by atoms with E-state index >= 15 is 0 Å². The van der Waals surface area contributed by atoms with Crippen LogP contribution in [0, 0.1) is 5.41 Å². The van der Waals surface area contributed by atoms with Gasteiger partial charge in [-0.1, -0.05) is 6.07 Å². The van der Waals surface area contributed by atoms with Crippen LogP contribution in [0.3, 0.4) is 0 Å². The van der Waals surface area contributed by atoms with Crippen molar-refractivity contribution in [3.63, 3.8) is 0 Å². The van der Waals surface area contributed by atoms with E-state index < -0.39 is 11.4 Å². The lowest BCUT2D eigenvalue weighted by Crippen LogP contribution is -2.40. The number of pyridine rings is 1. The van der Waals surface area contributed by atoms with E-state index in [0.717, 1.165) is 5.56 Å². The smallest absolute Gasteiger partial charge is 0.309 e. The number of nitrogens with zero attached hydrogens (tertiary/aromatic N) is 2. The lowest BCUT2D eigenvalue weighted by Gasteiger charge is -2.29. The zero-order valence-corrected chi connectivity index (χ0v) is 12.5. The van der Waals surface area contributed by atoms with Gasteiger partial charge in [0.05, 0.1) is 5.41 Å². The number of carbonyl (C=O) groups is 2. The fourth-order valence-electron chi connectivity index (χ4n) is 1.80. The number of hydrogen-bond acceptors (Lipinski definition) is 3. The molecule has 5 nitrogen and oxygen atoms in total. The maximum Gasteiger partial charge on any atom is 0.309 e. The predicted molar refractivity (Wildman–Crippen MR) is 76.0 cm³/mol. The Kier molecular flexibility index (Phi) is 5.25. The molecular weight excluding hydrogens is 256 g/mol. The minimum Gasteiger partial charge on any atom is -0.481 e. The molecule has 0 radical (unpaired) electrons. The molecule has 0 spiro atoms. The van der Waals surface area contributed by atoms with Gasteiger partial charge in [-0.25, -0.2) is 0 Å². The second kappa shape index (κ2) is 6.50. The third-order valence-corrected chi connectivity index (χ3v) is 3.19. The minimum atomic E-state index is -1.06. The number of rotatable bonds is 6. The van der Waals surface area contributed by atoms with Gasteiger partial charge in [0.25, 0.3) is 0 Å². The molecule has 0 atom stereocenters. The van der Waals surface area contributed by atoms with Gasteiger partial charge in [0, 0.05) is 31.4 Å². The van der Waals surface area contributed by atoms with E-state index in [2.05, 4.69) is 4.98 Å². The molecule has 1 amide bonds. The molecule has 1 N–H and O–H groups in total. The van der Waals surface area contributed by atoms with Gasteiger partial charge in [-0.05, 0) is 39.3 Å². The quantitative estimate of drug-likeness (QED) is 0.867. The lowest BCUT2D eigenvalue weighted by molar-refractivity contribution is -0.152. The van der Waals surface area contributed by atoms with Gasteiger partial charge in [0.1, 0.15) is 0 Å². The molecule has 0 saturated heterocycles. The van der Waals surface area contributed by atoms with Gasteiger partial charge in [0.2, 0.25) is 5.91 Å². The van der Waals surface area contributed by atoms with Crippen LogP contribution in [0.5, 0.6) is 0 Å². The summed E-state index contributed by atoms with van der Waals surface area (Å²) in [7, 11) is 0. The van der Waals surface area contributed by atoms with Crippen LogP contribution in [-0.4, -0.2) is 32.9 Å². The summed E-state index contributed by atoms with van der Waals surface area (Å²) in [6.07, 6.45) is 3.38. The average molecular weight is 278 g/mol. The van der Waals surface area contributed by atoms with E-state index in [-0.39, 0.29) is 18.4 Å². The molecule has 110 valence electrons. The van der Waals surface area contributed by atoms with Crippen LogP contribution in [0.4, 0.5) is 0 Å². The summed E-state index contributed by atoms with van der Waals surface area (Å²) in [5.41, 5.74) is -0.123. The normalized spacial score (nSPS) is 11.4. The second-order valence-corrected chi connectivity index (χ2v) is 5.84. The number of carboxylic acid groups (broad SMARTS) is 1. The summed E-state index contributed by atoms with van der Waals surface area (Å²) in [6, 6.07) is 3.73. The maximum absolute atomic E-state index is 12.4. The van der Waals surface area contributed by atoms with E-state index in [1.54, 1.807) is 31.1 Å². The van der Waals surface area contributed by atoms with Gasteiger partial charge >= 0.3 is 5.97 Å². The summed E-state index contributed by atoms with van der Waals surface area (Å²) in [4.78, 5) is 29.2. The molecule has 0 fully saturated rings. The zero-order chi connectivity index (χ0) is 15.3. The molecule has 0 aliphatic rings. The first kappa shape index (κ1) is 16.1. The van der Waals surface area contributed by atoms with E-state index in [1.165, 1.54) is 0 Å². The molecule has 1 aromatic rings. The topological polar surface area (TPSA) is 70.5 Å². The maximum atomic E-state index is 12.4. The van der Waals surface area contributed by atoms with Crippen LogP contribution in [0.25, 0.3) is 0 Å². The molecule has 0 unspecified atom stereocenters. The minimum absolute atomic E-state index is 0.00676. The van der Waals surface area contributed by atoms with E-state index in [0.29, 0.717) is 6.54 Å². The van der Waals surface area contributed by atoms with Crippen LogP contribution in [-0.2, 0) is 16.1 Å². The van der Waals surface area contributed by atoms with Gasteiger partial charge in [-0.15, -0.1) is 0 Å². The standard InChI is InChI=1S/C15H22N2O3/c1-11(2)17(10-12-6-5-7-16-9-12)13(18)8-15(3,4)14(19)20/h5-7,9,11H,8,10H2,1-4H3,(H,19,20). The van der Waals surface area contributed by atoms with Crippen LogP contribution >= 0.6 is 0 Å². The van der Waals surface area contributed by atoms with E-state index in [9.17, 15) is 9.59 Å². The molecule has 0 aromatic carbocycles. The first-order valence-corrected chi connectivity index (χ1v) is 6.66. The molecule has 5 heteroatoms. The third kappa shape index (κ3) is 4.33. The molecule has 0 aliphatic carbocycles. The average Bonchev–Trinajstić information content (AvgIpc) is 2.36. The molecular formula is C15H22N2O3. The molecule has 1 heterocycles. The largest absolute Gasteiger partial charge is 0.481 e. The van der Waals surface area contributed by atoms with Crippen molar-refractivity contribution in [3.8, 4) is 0 Å². The van der Waals surface area contributed by atoms with Crippen LogP contribution in [0.15, 0.2) is 24.5 Å². The van der Waals surface area contributed by atoms with Crippen molar-refractivity contribution in [2.75, 3.05) is 0 Å². The molecule has 0 saturated carbocycles. The van der Waals surface area contributed by atoms with Crippen LogP contribution in [0.2, 0.25) is 0 Å². The van der Waals surface area contributed by atoms with Gasteiger partial charge in [-0.3, -0.25) is 14.6 Å². The monoisotopic (exact) mass is 278 g/mol. The summed E-state index contributed by atoms with van der Waals surface area (Å²) in [5.74, 6) is -1.12. The highest BCUT2D eigenvalue weighted by atomic mass is 16.4. The van der Waals surface area contributed by atoms with Crippen molar-refractivity contribution in [2.24, 2.45) is 5.41 Å². The Balaban J connectivity index is 2.81. The van der Waals surface area contributed by atoms with Gasteiger partial charge < -0.3 is 10.0 Å². The Morgan fingerprint density at radius 1 is 1.40 bits per heavy atom. The molecule has 1 aromatic heterocycles. The number of aromatic nitrogens is 1. The number of aliphatic carboxylic acids is 1. The molecule has 20 heavy (non-hydrogen) atoms. The van der Waals surface area contributed by atoms with E-state index in [4.69, 9.17) is 5.11 Å². The van der Waals surface area contributed by atoms with Crippen molar-refractivity contribution in [1.29, 1.82) is 0 Å². The van der Waals surface area contributed by atoms with Gasteiger partial charge in [0.15, 0.2) is 0 Å². The van der Waals surface area contributed by atoms with E-state index in [1.807, 2.05) is 26.0 Å². The lowest BCUT2D eigenvalue weighted by atomic mass is 9.88. The Bertz CT molecular complexity index is 469. The number of hydrogen-bond donors (Lipinski definition) is 1. The number of carbonyl (C=O) groups excluding carboxylic acids is 1. The fraction of sp³-hybridized carbons (Fsp3) is 0.533. The Morgan fingerprint density at radius 2 is 2.05 bits per heavy atom. The van der Waals surface area contributed by atoms with Crippen LogP contribution in [0.1, 0.15) is 39.7 Å². The van der Waals surface area contributed by atoms with Crippen molar-refractivity contribution in [2.45, 2.75) is 46.7 Å². The van der Waals surface area contributed by atoms with Crippen molar-refractivity contribution < 1.29 is 14.7 Å². The summed E-state index contributed by atoms with van der Waals surface area (Å²) in [5, 5.41) is 9.12. The van der Waals surface area contributed by atoms with Crippen molar-refractivity contribution >= 4 is 11.9 Å². The Morgan fingerprint density at radius 3 is 2.50 bits per heavy atom. The highest BCUT2D eigenvalue weighted by Crippen LogP contribution is 2.23. The van der Waals surface area contributed by atoms with Crippen molar-refractivity contribution in [1.82, 2.24) is 9.88 Å². The molecule has 0 aliphatic heterocycles. The third-order valence-electron chi connectivity index (χ3n) is 3.19. The number of amides is 1. The summed E-state index contributed by atoms with van der Waals surface area (Å²) >= 11 is 0. The Labute approximate surface area is 119 Å².